The van der Waals surface area contributed by atoms with Crippen LogP contribution in [0.25, 0.3) is 0 Å². The number of anilines is 3. The number of nitrogen functional groups attached to an aromatic ring is 1. The van der Waals surface area contributed by atoms with Crippen molar-refractivity contribution in [2.24, 2.45) is 5.92 Å². The predicted molar refractivity (Wildman–Crippen MR) is 100 cm³/mol. The highest BCUT2D eigenvalue weighted by Crippen LogP contribution is 2.36. The molecule has 0 spiro atoms. The van der Waals surface area contributed by atoms with E-state index in [2.05, 4.69) is 29.1 Å². The quantitative estimate of drug-likeness (QED) is 0.637. The lowest BCUT2D eigenvalue weighted by atomic mass is 9.90. The maximum atomic E-state index is 11.5. The molecule has 134 valence electrons. The summed E-state index contributed by atoms with van der Waals surface area (Å²) in [5, 5.41) is 12.9. The smallest absolute Gasteiger partial charge is 0.311 e. The van der Waals surface area contributed by atoms with Gasteiger partial charge >= 0.3 is 5.97 Å². The van der Waals surface area contributed by atoms with E-state index in [9.17, 15) is 9.90 Å². The first-order valence-electron chi connectivity index (χ1n) is 8.22. The standard InChI is InChI=1S/C18H23ClN4O2/c1-4-12(18(24)25)13-6-5-11(7-10(2)3)17(16(13)20)23-15-9-21-14(19)8-22-15/h5-6,8-10,12H,4,7,20H2,1-3H3,(H,22,23)(H,24,25). The maximum absolute atomic E-state index is 11.5. The Labute approximate surface area is 152 Å². The fourth-order valence-corrected chi connectivity index (χ4v) is 2.87. The third kappa shape index (κ3) is 4.60. The summed E-state index contributed by atoms with van der Waals surface area (Å²) in [4.78, 5) is 19.7. The van der Waals surface area contributed by atoms with Crippen molar-refractivity contribution >= 4 is 34.8 Å². The monoisotopic (exact) mass is 362 g/mol. The fraction of sp³-hybridized carbons (Fsp3) is 0.389. The van der Waals surface area contributed by atoms with Gasteiger partial charge in [-0.1, -0.05) is 44.5 Å². The van der Waals surface area contributed by atoms with E-state index in [4.69, 9.17) is 17.3 Å². The molecule has 4 N–H and O–H groups in total. The zero-order chi connectivity index (χ0) is 18.6. The van der Waals surface area contributed by atoms with Gasteiger partial charge in [0.1, 0.15) is 11.0 Å². The van der Waals surface area contributed by atoms with Crippen molar-refractivity contribution in [2.45, 2.75) is 39.5 Å². The second-order valence-electron chi connectivity index (χ2n) is 6.35. The van der Waals surface area contributed by atoms with E-state index in [-0.39, 0.29) is 0 Å². The molecule has 1 aromatic carbocycles. The SMILES string of the molecule is CCC(C(=O)O)c1ccc(CC(C)C)c(Nc2cnc(Cl)cn2)c1N. The molecule has 2 rings (SSSR count). The minimum absolute atomic E-state index is 0.298. The van der Waals surface area contributed by atoms with Crippen molar-refractivity contribution < 1.29 is 9.90 Å². The van der Waals surface area contributed by atoms with Crippen molar-refractivity contribution in [2.75, 3.05) is 11.1 Å². The Balaban J connectivity index is 2.51. The van der Waals surface area contributed by atoms with Crippen LogP contribution in [0.3, 0.4) is 0 Å². The van der Waals surface area contributed by atoms with Crippen LogP contribution in [0.2, 0.25) is 5.15 Å². The maximum Gasteiger partial charge on any atom is 0.311 e. The average molecular weight is 363 g/mol. The second kappa shape index (κ2) is 8.16. The molecule has 0 saturated heterocycles. The number of hydrogen-bond donors (Lipinski definition) is 3. The normalized spacial score (nSPS) is 12.2. The molecule has 1 atom stereocenters. The molecule has 0 bridgehead atoms. The molecule has 2 aromatic rings. The Morgan fingerprint density at radius 1 is 1.32 bits per heavy atom. The zero-order valence-electron chi connectivity index (χ0n) is 14.6. The molecule has 1 heterocycles. The molecule has 0 saturated carbocycles. The van der Waals surface area contributed by atoms with E-state index in [1.807, 2.05) is 19.1 Å². The van der Waals surface area contributed by atoms with Gasteiger partial charge in [-0.15, -0.1) is 0 Å². The summed E-state index contributed by atoms with van der Waals surface area (Å²) in [6, 6.07) is 3.75. The molecule has 0 aliphatic heterocycles. The van der Waals surface area contributed by atoms with Crippen LogP contribution in [0.4, 0.5) is 17.2 Å². The first-order chi connectivity index (χ1) is 11.8. The number of nitrogens with two attached hydrogens (primary N) is 1. The van der Waals surface area contributed by atoms with E-state index in [1.165, 1.54) is 12.4 Å². The zero-order valence-corrected chi connectivity index (χ0v) is 15.3. The summed E-state index contributed by atoms with van der Waals surface area (Å²) < 4.78 is 0. The molecule has 1 unspecified atom stereocenters. The van der Waals surface area contributed by atoms with Crippen LogP contribution < -0.4 is 11.1 Å². The Hall–Kier alpha value is -2.34. The Kier molecular flexibility index (Phi) is 6.20. The largest absolute Gasteiger partial charge is 0.481 e. The van der Waals surface area contributed by atoms with Crippen LogP contribution >= 0.6 is 11.6 Å². The first-order valence-corrected chi connectivity index (χ1v) is 8.59. The van der Waals surface area contributed by atoms with Gasteiger partial charge in [0.2, 0.25) is 0 Å². The van der Waals surface area contributed by atoms with Crippen LogP contribution in [0.15, 0.2) is 24.5 Å². The lowest BCUT2D eigenvalue weighted by Crippen LogP contribution is -2.15. The van der Waals surface area contributed by atoms with Gasteiger partial charge in [0.05, 0.1) is 29.7 Å². The lowest BCUT2D eigenvalue weighted by molar-refractivity contribution is -0.138. The second-order valence-corrected chi connectivity index (χ2v) is 6.74. The van der Waals surface area contributed by atoms with Crippen molar-refractivity contribution in [3.05, 3.63) is 40.8 Å². The molecule has 0 amide bonds. The van der Waals surface area contributed by atoms with Gasteiger partial charge in [-0.2, -0.15) is 0 Å². The molecule has 0 radical (unpaired) electrons. The molecule has 1 aromatic heterocycles. The Bertz CT molecular complexity index is 747. The molecule has 6 nitrogen and oxygen atoms in total. The van der Waals surface area contributed by atoms with Crippen LogP contribution in [0, 0.1) is 5.92 Å². The minimum Gasteiger partial charge on any atom is -0.481 e. The van der Waals surface area contributed by atoms with Crippen LogP contribution in [0.5, 0.6) is 0 Å². The number of carbonyl (C=O) groups is 1. The van der Waals surface area contributed by atoms with E-state index in [0.717, 1.165) is 12.0 Å². The molecular formula is C18H23ClN4O2. The fourth-order valence-electron chi connectivity index (χ4n) is 2.77. The van der Waals surface area contributed by atoms with Gasteiger partial charge in [0, 0.05) is 0 Å². The number of nitrogens with zero attached hydrogens (tertiary/aromatic N) is 2. The summed E-state index contributed by atoms with van der Waals surface area (Å²) in [6.07, 6.45) is 4.22. The van der Waals surface area contributed by atoms with Gasteiger partial charge in [0.25, 0.3) is 0 Å². The van der Waals surface area contributed by atoms with E-state index >= 15 is 0 Å². The van der Waals surface area contributed by atoms with Crippen molar-refractivity contribution in [1.82, 2.24) is 9.97 Å². The lowest BCUT2D eigenvalue weighted by Gasteiger charge is -2.21. The number of rotatable bonds is 7. The van der Waals surface area contributed by atoms with E-state index in [1.54, 1.807) is 0 Å². The summed E-state index contributed by atoms with van der Waals surface area (Å²) in [5.41, 5.74) is 9.08. The summed E-state index contributed by atoms with van der Waals surface area (Å²) >= 11 is 5.78. The summed E-state index contributed by atoms with van der Waals surface area (Å²) in [5.74, 6) is -0.613. The number of carboxylic acids is 1. The third-order valence-corrected chi connectivity index (χ3v) is 4.14. The number of hydrogen-bond acceptors (Lipinski definition) is 5. The van der Waals surface area contributed by atoms with Gasteiger partial charge in [-0.05, 0) is 29.9 Å². The van der Waals surface area contributed by atoms with Crippen LogP contribution in [-0.2, 0) is 11.2 Å². The van der Waals surface area contributed by atoms with Gasteiger partial charge in [-0.3, -0.25) is 4.79 Å². The van der Waals surface area contributed by atoms with E-state index in [0.29, 0.717) is 40.2 Å². The number of nitrogens with one attached hydrogen (secondary N) is 1. The predicted octanol–water partition coefficient (Wildman–Crippen LogP) is 4.23. The molecular weight excluding hydrogens is 340 g/mol. The van der Waals surface area contributed by atoms with Crippen molar-refractivity contribution in [3.63, 3.8) is 0 Å². The minimum atomic E-state index is -0.886. The topological polar surface area (TPSA) is 101 Å². The first kappa shape index (κ1) is 19.0. The molecule has 0 fully saturated rings. The number of benzene rings is 1. The molecule has 7 heteroatoms. The Morgan fingerprint density at radius 3 is 2.56 bits per heavy atom. The third-order valence-electron chi connectivity index (χ3n) is 3.95. The molecule has 25 heavy (non-hydrogen) atoms. The summed E-state index contributed by atoms with van der Waals surface area (Å²) in [7, 11) is 0. The number of aromatic nitrogens is 2. The van der Waals surface area contributed by atoms with Crippen molar-refractivity contribution in [3.8, 4) is 0 Å². The van der Waals surface area contributed by atoms with Crippen LogP contribution in [0.1, 0.15) is 44.2 Å². The molecule has 0 aliphatic rings. The van der Waals surface area contributed by atoms with Gasteiger partial charge in [-0.25, -0.2) is 9.97 Å². The average Bonchev–Trinajstić information content (AvgIpc) is 2.54. The molecule has 0 aliphatic carbocycles. The van der Waals surface area contributed by atoms with Gasteiger partial charge < -0.3 is 16.2 Å². The van der Waals surface area contributed by atoms with Crippen molar-refractivity contribution in [1.29, 1.82) is 0 Å². The number of halogens is 1. The van der Waals surface area contributed by atoms with Gasteiger partial charge in [0.15, 0.2) is 0 Å². The van der Waals surface area contributed by atoms with Crippen LogP contribution in [-0.4, -0.2) is 21.0 Å². The highest BCUT2D eigenvalue weighted by atomic mass is 35.5. The Morgan fingerprint density at radius 2 is 2.04 bits per heavy atom. The van der Waals surface area contributed by atoms with E-state index < -0.39 is 11.9 Å². The number of carboxylic acid groups (broad SMARTS) is 1. The highest BCUT2D eigenvalue weighted by Gasteiger charge is 2.23. The highest BCUT2D eigenvalue weighted by molar-refractivity contribution is 6.29. The summed E-state index contributed by atoms with van der Waals surface area (Å²) in [6.45, 7) is 6.06. The number of aliphatic carboxylic acids is 1.